The summed E-state index contributed by atoms with van der Waals surface area (Å²) in [7, 11) is -2.13. The maximum absolute atomic E-state index is 13.7. The lowest BCUT2D eigenvalue weighted by Gasteiger charge is -2.32. The number of sulfonamides is 1. The van der Waals surface area contributed by atoms with E-state index in [9.17, 15) is 18.0 Å². The molecule has 2 amide bonds. The molecule has 208 valence electrons. The van der Waals surface area contributed by atoms with Gasteiger partial charge < -0.3 is 10.2 Å². The van der Waals surface area contributed by atoms with Gasteiger partial charge in [-0.1, -0.05) is 79.7 Å². The van der Waals surface area contributed by atoms with Gasteiger partial charge in [-0.3, -0.25) is 9.59 Å². The molecule has 0 saturated heterocycles. The number of nitrogens with zero attached hydrogens (tertiary/aromatic N) is 2. The monoisotopic (exact) mass is 549 g/mol. The van der Waals surface area contributed by atoms with Gasteiger partial charge in [-0.15, -0.1) is 0 Å². The van der Waals surface area contributed by atoms with Gasteiger partial charge in [0.25, 0.3) is 0 Å². The summed E-state index contributed by atoms with van der Waals surface area (Å²) in [5.41, 5.74) is 2.97. The molecule has 0 heterocycles. The van der Waals surface area contributed by atoms with Crippen LogP contribution >= 0.6 is 0 Å². The fourth-order valence-electron chi connectivity index (χ4n) is 4.38. The summed E-state index contributed by atoms with van der Waals surface area (Å²) >= 11 is 0. The maximum atomic E-state index is 13.7. The topological polar surface area (TPSA) is 86.8 Å². The third kappa shape index (κ3) is 8.50. The first-order valence-corrected chi connectivity index (χ1v) is 14.8. The lowest BCUT2D eigenvalue weighted by molar-refractivity contribution is -0.141. The number of amides is 2. The number of hydrogen-bond donors (Lipinski definition) is 1. The first-order valence-electron chi connectivity index (χ1n) is 13.4. The van der Waals surface area contributed by atoms with Gasteiger partial charge in [-0.05, 0) is 48.6 Å². The molecular weight excluding hydrogens is 510 g/mol. The van der Waals surface area contributed by atoms with E-state index < -0.39 is 16.1 Å². The third-order valence-corrected chi connectivity index (χ3v) is 8.61. The van der Waals surface area contributed by atoms with Crippen LogP contribution < -0.4 is 5.32 Å². The van der Waals surface area contributed by atoms with Crippen molar-refractivity contribution in [1.82, 2.24) is 14.5 Å². The molecule has 1 atom stereocenters. The van der Waals surface area contributed by atoms with Gasteiger partial charge in [0.1, 0.15) is 6.04 Å². The van der Waals surface area contributed by atoms with Crippen LogP contribution in [0.2, 0.25) is 0 Å². The van der Waals surface area contributed by atoms with E-state index in [1.165, 1.54) is 11.4 Å². The molecular formula is C31H39N3O4S. The summed E-state index contributed by atoms with van der Waals surface area (Å²) in [4.78, 5) is 29.0. The molecule has 7 nitrogen and oxygen atoms in total. The molecule has 39 heavy (non-hydrogen) atoms. The molecule has 8 heteroatoms. The number of carbonyl (C=O) groups excluding carboxylic acids is 2. The lowest BCUT2D eigenvalue weighted by atomic mass is 10.0. The van der Waals surface area contributed by atoms with Crippen LogP contribution in [0.5, 0.6) is 0 Å². The lowest BCUT2D eigenvalue weighted by Crippen LogP contribution is -2.50. The largest absolute Gasteiger partial charge is 0.354 e. The number of benzene rings is 3. The highest BCUT2D eigenvalue weighted by Gasteiger charge is 2.30. The Morgan fingerprint density at radius 1 is 0.897 bits per heavy atom. The van der Waals surface area contributed by atoms with Gasteiger partial charge in [0.15, 0.2) is 0 Å². The first kappa shape index (κ1) is 30.1. The van der Waals surface area contributed by atoms with Gasteiger partial charge in [-0.2, -0.15) is 0 Å². The first-order chi connectivity index (χ1) is 18.7. The van der Waals surface area contributed by atoms with Crippen LogP contribution in [0.1, 0.15) is 42.9 Å². The van der Waals surface area contributed by atoms with E-state index in [0.29, 0.717) is 25.9 Å². The Morgan fingerprint density at radius 3 is 2.15 bits per heavy atom. The van der Waals surface area contributed by atoms with Crippen LogP contribution in [0, 0.1) is 6.92 Å². The van der Waals surface area contributed by atoms with Crippen molar-refractivity contribution in [2.45, 2.75) is 57.0 Å². The van der Waals surface area contributed by atoms with Crippen LogP contribution in [0.3, 0.4) is 0 Å². The summed E-state index contributed by atoms with van der Waals surface area (Å²) < 4.78 is 27.1. The van der Waals surface area contributed by atoms with Crippen molar-refractivity contribution in [3.63, 3.8) is 0 Å². The highest BCUT2D eigenvalue weighted by atomic mass is 32.2. The fourth-order valence-corrected chi connectivity index (χ4v) is 5.61. The normalized spacial score (nSPS) is 12.2. The Kier molecular flexibility index (Phi) is 11.3. The zero-order valence-electron chi connectivity index (χ0n) is 23.0. The number of carbonyl (C=O) groups is 2. The smallest absolute Gasteiger partial charge is 0.243 e. The van der Waals surface area contributed by atoms with E-state index in [4.69, 9.17) is 0 Å². The zero-order chi connectivity index (χ0) is 28.3. The molecule has 0 aliphatic heterocycles. The number of nitrogens with one attached hydrogen (secondary N) is 1. The minimum atomic E-state index is -3.65. The summed E-state index contributed by atoms with van der Waals surface area (Å²) in [5.74, 6) is -0.372. The summed E-state index contributed by atoms with van der Waals surface area (Å²) in [6.45, 7) is 4.99. The van der Waals surface area contributed by atoms with E-state index in [1.807, 2.05) is 68.4 Å². The van der Waals surface area contributed by atoms with Crippen molar-refractivity contribution >= 4 is 21.8 Å². The highest BCUT2D eigenvalue weighted by molar-refractivity contribution is 7.89. The Labute approximate surface area is 232 Å². The summed E-state index contributed by atoms with van der Waals surface area (Å²) in [5, 5.41) is 2.98. The van der Waals surface area contributed by atoms with Gasteiger partial charge in [0, 0.05) is 39.5 Å². The van der Waals surface area contributed by atoms with E-state index in [-0.39, 0.29) is 29.7 Å². The number of aryl methyl sites for hydroxylation is 1. The molecule has 0 aliphatic rings. The number of rotatable bonds is 14. The predicted molar refractivity (Wildman–Crippen MR) is 154 cm³/mol. The molecule has 3 aromatic rings. The van der Waals surface area contributed by atoms with Crippen molar-refractivity contribution < 1.29 is 18.0 Å². The van der Waals surface area contributed by atoms with Crippen molar-refractivity contribution in [1.29, 1.82) is 0 Å². The molecule has 1 N–H and O–H groups in total. The van der Waals surface area contributed by atoms with Crippen LogP contribution in [0.25, 0.3) is 0 Å². The zero-order valence-corrected chi connectivity index (χ0v) is 23.9. The van der Waals surface area contributed by atoms with Crippen molar-refractivity contribution in [3.05, 3.63) is 102 Å². The van der Waals surface area contributed by atoms with Gasteiger partial charge >= 0.3 is 0 Å². The minimum absolute atomic E-state index is 0.118. The second kappa shape index (κ2) is 14.6. The van der Waals surface area contributed by atoms with E-state index in [0.717, 1.165) is 23.1 Å². The number of hydrogen-bond acceptors (Lipinski definition) is 4. The maximum Gasteiger partial charge on any atom is 0.243 e. The molecule has 0 spiro atoms. The second-order valence-corrected chi connectivity index (χ2v) is 11.7. The molecule has 0 radical (unpaired) electrons. The minimum Gasteiger partial charge on any atom is -0.354 e. The average molecular weight is 550 g/mol. The quantitative estimate of drug-likeness (QED) is 0.319. The Balaban J connectivity index is 1.82. The Hall–Kier alpha value is -3.49. The Morgan fingerprint density at radius 2 is 1.51 bits per heavy atom. The Bertz CT molecular complexity index is 1310. The standard InChI is InChI=1S/C31H39N3O4S/c1-4-21-32-31(36)29(23-26-15-7-5-8-16-26)34(24-27-17-12-11-14-25(27)2)30(35)20-13-22-33(3)39(37,38)28-18-9-6-10-19-28/h5-12,14-19,29H,4,13,20-24H2,1-3H3,(H,32,36)/t29-/m0/s1. The van der Waals surface area contributed by atoms with Crippen molar-refractivity contribution in [2.75, 3.05) is 20.1 Å². The van der Waals surface area contributed by atoms with E-state index in [2.05, 4.69) is 5.32 Å². The van der Waals surface area contributed by atoms with Gasteiger partial charge in [-0.25, -0.2) is 12.7 Å². The molecule has 0 aromatic heterocycles. The molecule has 0 fully saturated rings. The van der Waals surface area contributed by atoms with Crippen molar-refractivity contribution in [2.24, 2.45) is 0 Å². The van der Waals surface area contributed by atoms with Crippen LogP contribution in [0.4, 0.5) is 0 Å². The summed E-state index contributed by atoms with van der Waals surface area (Å²) in [6, 6.07) is 25.1. The highest BCUT2D eigenvalue weighted by Crippen LogP contribution is 2.19. The van der Waals surface area contributed by atoms with Crippen molar-refractivity contribution in [3.8, 4) is 0 Å². The molecule has 0 saturated carbocycles. The third-order valence-electron chi connectivity index (χ3n) is 6.74. The van der Waals surface area contributed by atoms with Crippen LogP contribution in [0.15, 0.2) is 89.8 Å². The van der Waals surface area contributed by atoms with E-state index >= 15 is 0 Å². The van der Waals surface area contributed by atoms with Crippen LogP contribution in [-0.4, -0.2) is 55.6 Å². The van der Waals surface area contributed by atoms with Gasteiger partial charge in [0.2, 0.25) is 21.8 Å². The molecule has 0 bridgehead atoms. The average Bonchev–Trinajstić information content (AvgIpc) is 2.95. The van der Waals surface area contributed by atoms with E-state index in [1.54, 1.807) is 35.2 Å². The summed E-state index contributed by atoms with van der Waals surface area (Å²) in [6.07, 6.45) is 1.63. The molecule has 0 unspecified atom stereocenters. The molecule has 0 aliphatic carbocycles. The van der Waals surface area contributed by atoms with Crippen LogP contribution in [-0.2, 0) is 32.6 Å². The molecule has 3 aromatic carbocycles. The second-order valence-electron chi connectivity index (χ2n) is 9.69. The SMILES string of the molecule is CCCNC(=O)[C@H](Cc1ccccc1)N(Cc1ccccc1C)C(=O)CCCN(C)S(=O)(=O)c1ccccc1. The van der Waals surface area contributed by atoms with Gasteiger partial charge in [0.05, 0.1) is 4.90 Å². The fraction of sp³-hybridized carbons (Fsp3) is 0.355. The predicted octanol–water partition coefficient (Wildman–Crippen LogP) is 4.56. The molecule has 3 rings (SSSR count).